The van der Waals surface area contributed by atoms with Gasteiger partial charge in [-0.15, -0.1) is 5.10 Å². The summed E-state index contributed by atoms with van der Waals surface area (Å²) in [5, 5.41) is 7.22. The van der Waals surface area contributed by atoms with Crippen LogP contribution in [0, 0.1) is 5.41 Å². The summed E-state index contributed by atoms with van der Waals surface area (Å²) in [7, 11) is 0. The first-order valence-electron chi connectivity index (χ1n) is 13.8. The minimum Gasteiger partial charge on any atom is -0.373 e. The fraction of sp³-hybridized carbons (Fsp3) is 0.552. The molecule has 2 aliphatic heterocycles. The number of aromatic nitrogens is 3. The minimum absolute atomic E-state index is 0.247. The van der Waals surface area contributed by atoms with Crippen LogP contribution in [0.15, 0.2) is 36.5 Å². The number of halogens is 3. The van der Waals surface area contributed by atoms with Crippen LogP contribution in [0.3, 0.4) is 0 Å². The Bertz CT molecular complexity index is 1360. The lowest BCUT2D eigenvalue weighted by atomic mass is 9.95. The molecule has 0 radical (unpaired) electrons. The molecular weight excluding hydrogens is 521 g/mol. The quantitative estimate of drug-likeness (QED) is 0.457. The van der Waals surface area contributed by atoms with Crippen molar-refractivity contribution in [2.24, 2.45) is 5.41 Å². The number of piperidine rings is 1. The first kappa shape index (κ1) is 28.4. The van der Waals surface area contributed by atoms with Crippen LogP contribution in [0.5, 0.6) is 0 Å². The van der Waals surface area contributed by atoms with Gasteiger partial charge in [-0.05, 0) is 51.0 Å². The number of ether oxygens (including phenoxy) is 1. The molecule has 8 nitrogen and oxygen atoms in total. The number of imidazole rings is 1. The normalized spacial score (nSPS) is 21.6. The first-order valence-corrected chi connectivity index (χ1v) is 13.8. The average Bonchev–Trinajstić information content (AvgIpc) is 3.30. The van der Waals surface area contributed by atoms with Gasteiger partial charge in [-0.25, -0.2) is 9.50 Å². The fourth-order valence-corrected chi connectivity index (χ4v) is 5.52. The van der Waals surface area contributed by atoms with E-state index in [9.17, 15) is 18.0 Å². The number of anilines is 2. The number of alkyl halides is 3. The summed E-state index contributed by atoms with van der Waals surface area (Å²) in [5.41, 5.74) is -0.525. The Balaban J connectivity index is 1.34. The standard InChI is InChI=1S/C29H37F3N6O2/c1-18-15-37(16-19(2)40-18)21-10-12-36(13-11-21)26-9-8-25-33-24(17-38(25)35-26)20-6-7-22(29(30,31)32)23(14-20)34-27(39)28(3,4)5/h6-9,14,17-19,21H,10-13,15-16H2,1-5H3,(H,34,39). The van der Waals surface area contributed by atoms with E-state index in [2.05, 4.69) is 33.9 Å². The number of rotatable bonds is 4. The van der Waals surface area contributed by atoms with E-state index in [1.807, 2.05) is 12.1 Å². The van der Waals surface area contributed by atoms with Gasteiger partial charge in [0.1, 0.15) is 5.82 Å². The highest BCUT2D eigenvalue weighted by Crippen LogP contribution is 2.38. The molecule has 40 heavy (non-hydrogen) atoms. The third kappa shape index (κ3) is 6.10. The number of amides is 1. The number of morpholine rings is 1. The molecule has 0 spiro atoms. The molecule has 2 aromatic heterocycles. The average molecular weight is 559 g/mol. The lowest BCUT2D eigenvalue weighted by molar-refractivity contribution is -0.137. The van der Waals surface area contributed by atoms with Gasteiger partial charge in [0.2, 0.25) is 5.91 Å². The van der Waals surface area contributed by atoms with E-state index in [0.717, 1.165) is 50.9 Å². The van der Waals surface area contributed by atoms with Crippen LogP contribution in [0.1, 0.15) is 53.0 Å². The van der Waals surface area contributed by atoms with Crippen molar-refractivity contribution in [2.45, 2.75) is 71.9 Å². The molecule has 0 saturated carbocycles. The molecular formula is C29H37F3N6O2. The van der Waals surface area contributed by atoms with Gasteiger partial charge in [-0.2, -0.15) is 13.2 Å². The number of hydrogen-bond acceptors (Lipinski definition) is 6. The maximum atomic E-state index is 13.7. The summed E-state index contributed by atoms with van der Waals surface area (Å²) in [6.07, 6.45) is -0.319. The molecule has 1 N–H and O–H groups in total. The molecule has 0 bridgehead atoms. The molecule has 2 saturated heterocycles. The summed E-state index contributed by atoms with van der Waals surface area (Å²) >= 11 is 0. The smallest absolute Gasteiger partial charge is 0.373 e. The van der Waals surface area contributed by atoms with Gasteiger partial charge in [0, 0.05) is 43.2 Å². The van der Waals surface area contributed by atoms with Crippen molar-refractivity contribution in [1.29, 1.82) is 0 Å². The van der Waals surface area contributed by atoms with Crippen LogP contribution in [-0.2, 0) is 15.7 Å². The van der Waals surface area contributed by atoms with Crippen LogP contribution in [0.2, 0.25) is 0 Å². The highest BCUT2D eigenvalue weighted by atomic mass is 19.4. The van der Waals surface area contributed by atoms with Gasteiger partial charge in [-0.1, -0.05) is 26.8 Å². The van der Waals surface area contributed by atoms with E-state index in [1.54, 1.807) is 31.5 Å². The van der Waals surface area contributed by atoms with Crippen LogP contribution in [-0.4, -0.2) is 69.8 Å². The Labute approximate surface area is 232 Å². The SMILES string of the molecule is CC1CN(C2CCN(c3ccc4nc(-c5ccc(C(F)(F)F)c(NC(=O)C(C)(C)C)c5)cn4n3)CC2)CC(C)O1. The zero-order valence-corrected chi connectivity index (χ0v) is 23.6. The number of carbonyl (C=O) groups is 1. The van der Waals surface area contributed by atoms with Crippen LogP contribution in [0.4, 0.5) is 24.7 Å². The van der Waals surface area contributed by atoms with E-state index in [0.29, 0.717) is 22.9 Å². The van der Waals surface area contributed by atoms with Gasteiger partial charge in [0.05, 0.1) is 35.3 Å². The fourth-order valence-electron chi connectivity index (χ4n) is 5.52. The third-order valence-corrected chi connectivity index (χ3v) is 7.61. The third-order valence-electron chi connectivity index (χ3n) is 7.61. The molecule has 4 heterocycles. The number of nitrogens with one attached hydrogen (secondary N) is 1. The number of fused-ring (bicyclic) bond motifs is 1. The van der Waals surface area contributed by atoms with E-state index < -0.39 is 23.1 Å². The molecule has 1 aromatic carbocycles. The lowest BCUT2D eigenvalue weighted by Crippen LogP contribution is -2.53. The molecule has 2 atom stereocenters. The van der Waals surface area contributed by atoms with Crippen molar-refractivity contribution < 1.29 is 22.7 Å². The van der Waals surface area contributed by atoms with Gasteiger partial charge >= 0.3 is 6.18 Å². The van der Waals surface area contributed by atoms with Crippen molar-refractivity contribution in [2.75, 3.05) is 36.4 Å². The topological polar surface area (TPSA) is 75.0 Å². The zero-order valence-electron chi connectivity index (χ0n) is 23.6. The largest absolute Gasteiger partial charge is 0.418 e. The van der Waals surface area contributed by atoms with Crippen molar-refractivity contribution in [3.05, 3.63) is 42.1 Å². The Hall–Kier alpha value is -3.18. The van der Waals surface area contributed by atoms with Gasteiger partial charge in [0.15, 0.2) is 5.65 Å². The molecule has 2 aliphatic rings. The predicted octanol–water partition coefficient (Wildman–Crippen LogP) is 5.48. The van der Waals surface area contributed by atoms with Gasteiger partial charge in [-0.3, -0.25) is 9.69 Å². The Morgan fingerprint density at radius 3 is 2.33 bits per heavy atom. The zero-order chi connectivity index (χ0) is 28.8. The summed E-state index contributed by atoms with van der Waals surface area (Å²) in [5.74, 6) is 0.335. The summed E-state index contributed by atoms with van der Waals surface area (Å²) < 4.78 is 48.6. The number of benzene rings is 1. The van der Waals surface area contributed by atoms with E-state index in [4.69, 9.17) is 9.84 Å². The van der Waals surface area contributed by atoms with E-state index >= 15 is 0 Å². The van der Waals surface area contributed by atoms with Crippen LogP contribution in [0.25, 0.3) is 16.9 Å². The van der Waals surface area contributed by atoms with Crippen LogP contribution < -0.4 is 10.2 Å². The second-order valence-corrected chi connectivity index (χ2v) is 12.0. The number of carbonyl (C=O) groups excluding carboxylic acids is 1. The van der Waals surface area contributed by atoms with E-state index in [1.165, 1.54) is 12.1 Å². The first-order chi connectivity index (χ1) is 18.8. The Morgan fingerprint density at radius 2 is 1.70 bits per heavy atom. The van der Waals surface area contributed by atoms with Crippen molar-refractivity contribution in [3.63, 3.8) is 0 Å². The van der Waals surface area contributed by atoms with Gasteiger partial charge < -0.3 is 15.0 Å². The molecule has 2 unspecified atom stereocenters. The van der Waals surface area contributed by atoms with Crippen molar-refractivity contribution in [1.82, 2.24) is 19.5 Å². The lowest BCUT2D eigenvalue weighted by Gasteiger charge is -2.43. The maximum Gasteiger partial charge on any atom is 0.418 e. The monoisotopic (exact) mass is 558 g/mol. The van der Waals surface area contributed by atoms with E-state index in [-0.39, 0.29) is 17.9 Å². The number of nitrogens with zero attached hydrogens (tertiary/aromatic N) is 5. The Kier molecular flexibility index (Phi) is 7.56. The molecule has 5 rings (SSSR count). The highest BCUT2D eigenvalue weighted by Gasteiger charge is 2.35. The molecule has 11 heteroatoms. The van der Waals surface area contributed by atoms with Crippen LogP contribution >= 0.6 is 0 Å². The highest BCUT2D eigenvalue weighted by molar-refractivity contribution is 5.96. The molecule has 3 aromatic rings. The van der Waals surface area contributed by atoms with Crippen molar-refractivity contribution >= 4 is 23.1 Å². The molecule has 216 valence electrons. The van der Waals surface area contributed by atoms with Gasteiger partial charge in [0.25, 0.3) is 0 Å². The molecule has 1 amide bonds. The Morgan fingerprint density at radius 1 is 1.02 bits per heavy atom. The maximum absolute atomic E-state index is 13.7. The summed E-state index contributed by atoms with van der Waals surface area (Å²) in [6.45, 7) is 12.9. The summed E-state index contributed by atoms with van der Waals surface area (Å²) in [4.78, 5) is 21.9. The summed E-state index contributed by atoms with van der Waals surface area (Å²) in [6, 6.07) is 8.02. The second kappa shape index (κ2) is 10.7. The van der Waals surface area contributed by atoms with Crippen molar-refractivity contribution in [3.8, 4) is 11.3 Å². The minimum atomic E-state index is -4.61. The molecule has 0 aliphatic carbocycles. The predicted molar refractivity (Wildman–Crippen MR) is 148 cm³/mol. The molecule has 2 fully saturated rings. The number of hydrogen-bond donors (Lipinski definition) is 1. The second-order valence-electron chi connectivity index (χ2n) is 12.0.